The summed E-state index contributed by atoms with van der Waals surface area (Å²) in [6, 6.07) is 13.8. The smallest absolute Gasteiger partial charge is 0.323 e. The topological polar surface area (TPSA) is 74.5 Å². The summed E-state index contributed by atoms with van der Waals surface area (Å²) < 4.78 is 4.72. The first-order valence-electron chi connectivity index (χ1n) is 8.31. The monoisotopic (exact) mass is 337 g/mol. The van der Waals surface area contributed by atoms with Crippen LogP contribution in [0.1, 0.15) is 5.69 Å². The Morgan fingerprint density at radius 1 is 1.08 bits per heavy atom. The van der Waals surface area contributed by atoms with Gasteiger partial charge in [0.25, 0.3) is 0 Å². The van der Waals surface area contributed by atoms with Crippen LogP contribution in [0.3, 0.4) is 0 Å². The molecule has 0 atom stereocenters. The zero-order chi connectivity index (χ0) is 17.1. The molecule has 0 bridgehead atoms. The molecule has 0 unspecified atom stereocenters. The number of rotatable bonds is 3. The molecule has 0 spiro atoms. The summed E-state index contributed by atoms with van der Waals surface area (Å²) in [5, 5.41) is 7.58. The van der Waals surface area contributed by atoms with Gasteiger partial charge in [-0.2, -0.15) is 0 Å². The highest BCUT2D eigenvalue weighted by Gasteiger charge is 2.21. The van der Waals surface area contributed by atoms with Gasteiger partial charge in [-0.15, -0.1) is 0 Å². The first-order chi connectivity index (χ1) is 12.3. The Balaban J connectivity index is 1.32. The number of pyridine rings is 1. The maximum atomic E-state index is 12.2. The molecule has 1 saturated heterocycles. The second kappa shape index (κ2) is 6.90. The maximum absolute atomic E-state index is 12.2. The van der Waals surface area contributed by atoms with Crippen molar-refractivity contribution in [2.24, 2.45) is 0 Å². The van der Waals surface area contributed by atoms with E-state index in [1.54, 1.807) is 11.0 Å². The van der Waals surface area contributed by atoms with Gasteiger partial charge >= 0.3 is 6.03 Å². The van der Waals surface area contributed by atoms with Gasteiger partial charge in [-0.3, -0.25) is 15.2 Å². The van der Waals surface area contributed by atoms with Crippen LogP contribution in [0.25, 0.3) is 10.9 Å². The molecule has 3 aromatic rings. The van der Waals surface area contributed by atoms with Gasteiger partial charge < -0.3 is 9.42 Å². The summed E-state index contributed by atoms with van der Waals surface area (Å²) in [5.74, 6) is 0.438. The van der Waals surface area contributed by atoms with Crippen LogP contribution < -0.4 is 5.32 Å². The normalized spacial score (nSPS) is 15.4. The molecule has 1 aliphatic heterocycles. The van der Waals surface area contributed by atoms with Crippen molar-refractivity contribution in [3.63, 3.8) is 0 Å². The third-order valence-electron chi connectivity index (χ3n) is 4.37. The first kappa shape index (κ1) is 15.6. The number of anilines is 1. The lowest BCUT2D eigenvalue weighted by atomic mass is 10.2. The largest absolute Gasteiger partial charge is 0.363 e. The minimum atomic E-state index is -0.141. The van der Waals surface area contributed by atoms with Crippen LogP contribution in [0.15, 0.2) is 53.3 Å². The Hall–Kier alpha value is -2.93. The van der Waals surface area contributed by atoms with Crippen molar-refractivity contribution in [2.45, 2.75) is 6.54 Å². The van der Waals surface area contributed by atoms with E-state index in [9.17, 15) is 4.79 Å². The number of aromatic nitrogens is 2. The number of fused-ring (bicyclic) bond motifs is 1. The number of hydrogen-bond donors (Lipinski definition) is 1. The molecule has 1 aromatic carbocycles. The lowest BCUT2D eigenvalue weighted by Gasteiger charge is -2.34. The van der Waals surface area contributed by atoms with E-state index in [0.717, 1.165) is 36.2 Å². The van der Waals surface area contributed by atoms with E-state index < -0.39 is 0 Å². The third kappa shape index (κ3) is 3.61. The summed E-state index contributed by atoms with van der Waals surface area (Å²) in [7, 11) is 0. The van der Waals surface area contributed by atoms with Gasteiger partial charge in [0.05, 0.1) is 11.2 Å². The zero-order valence-corrected chi connectivity index (χ0v) is 13.8. The molecule has 4 rings (SSSR count). The highest BCUT2D eigenvalue weighted by Crippen LogP contribution is 2.14. The van der Waals surface area contributed by atoms with E-state index in [1.807, 2.05) is 18.2 Å². The van der Waals surface area contributed by atoms with E-state index in [-0.39, 0.29) is 6.03 Å². The number of benzene rings is 1. The molecule has 0 radical (unpaired) electrons. The fourth-order valence-corrected chi connectivity index (χ4v) is 3.00. The summed E-state index contributed by atoms with van der Waals surface area (Å²) >= 11 is 0. The van der Waals surface area contributed by atoms with Crippen molar-refractivity contribution in [3.8, 4) is 0 Å². The molecule has 7 nitrogen and oxygen atoms in total. The molecular formula is C18H19N5O2. The quantitative estimate of drug-likeness (QED) is 0.795. The highest BCUT2D eigenvalue weighted by atomic mass is 16.5. The summed E-state index contributed by atoms with van der Waals surface area (Å²) in [5.41, 5.74) is 2.07. The minimum absolute atomic E-state index is 0.141. The van der Waals surface area contributed by atoms with Gasteiger partial charge in [0.15, 0.2) is 5.82 Å². The molecule has 7 heteroatoms. The van der Waals surface area contributed by atoms with Gasteiger partial charge in [-0.25, -0.2) is 4.79 Å². The molecule has 1 aliphatic rings. The fourth-order valence-electron chi connectivity index (χ4n) is 3.00. The van der Waals surface area contributed by atoms with Crippen molar-refractivity contribution in [3.05, 3.63) is 54.4 Å². The van der Waals surface area contributed by atoms with Crippen LogP contribution in [-0.2, 0) is 6.54 Å². The maximum Gasteiger partial charge on any atom is 0.323 e. The second-order valence-electron chi connectivity index (χ2n) is 6.07. The molecule has 3 heterocycles. The number of carbonyl (C=O) groups is 1. The Morgan fingerprint density at radius 2 is 1.92 bits per heavy atom. The molecule has 0 saturated carbocycles. The summed E-state index contributed by atoms with van der Waals surface area (Å²) in [6.07, 6.45) is 1.43. The van der Waals surface area contributed by atoms with Gasteiger partial charge in [-0.05, 0) is 12.1 Å². The molecular weight excluding hydrogens is 318 g/mol. The van der Waals surface area contributed by atoms with Crippen molar-refractivity contribution >= 4 is 22.8 Å². The van der Waals surface area contributed by atoms with E-state index in [1.165, 1.54) is 6.26 Å². The number of hydrogen-bond acceptors (Lipinski definition) is 5. The van der Waals surface area contributed by atoms with E-state index >= 15 is 0 Å². The molecule has 0 aliphatic carbocycles. The fraction of sp³-hybridized carbons (Fsp3) is 0.278. The first-order valence-corrected chi connectivity index (χ1v) is 8.31. The molecule has 2 aromatic heterocycles. The van der Waals surface area contributed by atoms with E-state index in [2.05, 4.69) is 33.6 Å². The molecule has 1 fully saturated rings. The number of urea groups is 1. The number of nitrogens with zero attached hydrogens (tertiary/aromatic N) is 4. The van der Waals surface area contributed by atoms with Crippen molar-refractivity contribution in [1.82, 2.24) is 19.9 Å². The minimum Gasteiger partial charge on any atom is -0.363 e. The number of amides is 2. The number of piperazine rings is 1. The average Bonchev–Trinajstić information content (AvgIpc) is 3.15. The molecule has 1 N–H and O–H groups in total. The number of carbonyl (C=O) groups excluding carboxylic acids is 1. The van der Waals surface area contributed by atoms with Crippen LogP contribution >= 0.6 is 0 Å². The Kier molecular flexibility index (Phi) is 4.30. The van der Waals surface area contributed by atoms with Crippen LogP contribution in [0.5, 0.6) is 0 Å². The van der Waals surface area contributed by atoms with Gasteiger partial charge in [-0.1, -0.05) is 29.4 Å². The Morgan fingerprint density at radius 3 is 2.72 bits per heavy atom. The predicted molar refractivity (Wildman–Crippen MR) is 94.1 cm³/mol. The van der Waals surface area contributed by atoms with Crippen molar-refractivity contribution in [1.29, 1.82) is 0 Å². The molecule has 25 heavy (non-hydrogen) atoms. The highest BCUT2D eigenvalue weighted by molar-refractivity contribution is 5.88. The van der Waals surface area contributed by atoms with E-state index in [0.29, 0.717) is 18.9 Å². The number of nitrogens with one attached hydrogen (secondary N) is 1. The van der Waals surface area contributed by atoms with Crippen LogP contribution in [-0.4, -0.2) is 52.2 Å². The lowest BCUT2D eigenvalue weighted by Crippen LogP contribution is -2.49. The Bertz CT molecular complexity index is 857. The summed E-state index contributed by atoms with van der Waals surface area (Å²) in [4.78, 5) is 21.0. The zero-order valence-electron chi connectivity index (χ0n) is 13.8. The van der Waals surface area contributed by atoms with Crippen LogP contribution in [0.2, 0.25) is 0 Å². The van der Waals surface area contributed by atoms with Crippen LogP contribution in [0.4, 0.5) is 10.6 Å². The predicted octanol–water partition coefficient (Wildman–Crippen LogP) is 2.57. The molecule has 128 valence electrons. The molecule has 2 amide bonds. The second-order valence-corrected chi connectivity index (χ2v) is 6.07. The lowest BCUT2D eigenvalue weighted by molar-refractivity contribution is 0.142. The van der Waals surface area contributed by atoms with Crippen molar-refractivity contribution < 1.29 is 9.32 Å². The van der Waals surface area contributed by atoms with E-state index in [4.69, 9.17) is 9.51 Å². The van der Waals surface area contributed by atoms with Gasteiger partial charge in [0.1, 0.15) is 6.26 Å². The van der Waals surface area contributed by atoms with Crippen LogP contribution in [0, 0.1) is 0 Å². The van der Waals surface area contributed by atoms with Gasteiger partial charge in [0.2, 0.25) is 0 Å². The average molecular weight is 337 g/mol. The Labute approximate surface area is 145 Å². The SMILES string of the molecule is O=C(Nc1ccon1)N1CCN(Cc2ccc3ccccc3n2)CC1. The standard InChI is InChI=1S/C18H19N5O2/c24-18(20-17-7-12-25-21-17)23-10-8-22(9-11-23)13-15-6-5-14-3-1-2-4-16(14)19-15/h1-7,12H,8-11,13H2,(H,20,21,24). The van der Waals surface area contributed by atoms with Crippen molar-refractivity contribution in [2.75, 3.05) is 31.5 Å². The summed E-state index contributed by atoms with van der Waals surface area (Å²) in [6.45, 7) is 3.79. The number of para-hydroxylation sites is 1. The van der Waals surface area contributed by atoms with Gasteiger partial charge in [0, 0.05) is 44.2 Å². The third-order valence-corrected chi connectivity index (χ3v) is 4.37.